The number of rotatable bonds is 6. The minimum Gasteiger partial charge on any atom is -0.311 e. The molecule has 0 bridgehead atoms. The van der Waals surface area contributed by atoms with E-state index in [0.717, 1.165) is 6.54 Å². The first-order valence-electron chi connectivity index (χ1n) is 6.61. The molecule has 0 spiro atoms. The summed E-state index contributed by atoms with van der Waals surface area (Å²) < 4.78 is 0. The molecule has 0 aliphatic heterocycles. The summed E-state index contributed by atoms with van der Waals surface area (Å²) in [6.45, 7) is 9.99. The Morgan fingerprint density at radius 3 is 2.47 bits per heavy atom. The van der Waals surface area contributed by atoms with E-state index in [1.807, 2.05) is 0 Å². The molecule has 17 heavy (non-hydrogen) atoms. The van der Waals surface area contributed by atoms with Crippen LogP contribution in [0, 0.1) is 0 Å². The van der Waals surface area contributed by atoms with Gasteiger partial charge < -0.3 is 5.32 Å². The van der Waals surface area contributed by atoms with Gasteiger partial charge in [-0.1, -0.05) is 55.8 Å². The molecule has 1 heteroatoms. The predicted molar refractivity (Wildman–Crippen MR) is 76.4 cm³/mol. The summed E-state index contributed by atoms with van der Waals surface area (Å²) in [6, 6.07) is 11.1. The van der Waals surface area contributed by atoms with Gasteiger partial charge in [0, 0.05) is 6.04 Å². The highest BCUT2D eigenvalue weighted by atomic mass is 14.9. The highest BCUT2D eigenvalue weighted by Gasteiger charge is 2.06. The minimum absolute atomic E-state index is 0.473. The van der Waals surface area contributed by atoms with E-state index in [0.29, 0.717) is 12.0 Å². The van der Waals surface area contributed by atoms with Crippen molar-refractivity contribution >= 4 is 0 Å². The molecule has 1 nitrogen and oxygen atoms in total. The van der Waals surface area contributed by atoms with Gasteiger partial charge in [-0.25, -0.2) is 0 Å². The Morgan fingerprint density at radius 1 is 1.24 bits per heavy atom. The number of benzene rings is 1. The average molecular weight is 231 g/mol. The van der Waals surface area contributed by atoms with Crippen molar-refractivity contribution in [2.24, 2.45) is 0 Å². The van der Waals surface area contributed by atoms with Gasteiger partial charge in [0.25, 0.3) is 0 Å². The molecule has 94 valence electrons. The van der Waals surface area contributed by atoms with Crippen LogP contribution in [-0.4, -0.2) is 12.6 Å². The van der Waals surface area contributed by atoms with E-state index in [-0.39, 0.29) is 0 Å². The second kappa shape index (κ2) is 7.29. The maximum atomic E-state index is 3.52. The lowest BCUT2D eigenvalue weighted by Crippen LogP contribution is -2.27. The Labute approximate surface area is 106 Å². The maximum absolute atomic E-state index is 3.52. The van der Waals surface area contributed by atoms with Gasteiger partial charge in [0.2, 0.25) is 0 Å². The van der Waals surface area contributed by atoms with Crippen LogP contribution in [0.2, 0.25) is 0 Å². The van der Waals surface area contributed by atoms with E-state index in [9.17, 15) is 0 Å². The molecule has 0 saturated carbocycles. The van der Waals surface area contributed by atoms with Crippen LogP contribution in [0.25, 0.3) is 0 Å². The van der Waals surface area contributed by atoms with Crippen LogP contribution < -0.4 is 5.32 Å². The molecule has 1 aromatic rings. The Balaban J connectivity index is 2.61. The molecule has 0 radical (unpaired) electrons. The molecule has 0 aliphatic rings. The number of nitrogens with one attached hydrogen (secondary N) is 1. The van der Waals surface area contributed by atoms with Gasteiger partial charge in [0.1, 0.15) is 0 Å². The quantitative estimate of drug-likeness (QED) is 0.726. The van der Waals surface area contributed by atoms with E-state index < -0.39 is 0 Å². The van der Waals surface area contributed by atoms with Crippen molar-refractivity contribution in [3.05, 3.63) is 47.5 Å². The maximum Gasteiger partial charge on any atom is 0.0248 e. The van der Waals surface area contributed by atoms with Gasteiger partial charge in [-0.2, -0.15) is 0 Å². The van der Waals surface area contributed by atoms with Gasteiger partial charge >= 0.3 is 0 Å². The first-order valence-corrected chi connectivity index (χ1v) is 6.61. The molecule has 0 aliphatic carbocycles. The lowest BCUT2D eigenvalue weighted by molar-refractivity contribution is 0.598. The Hall–Kier alpha value is -1.08. The van der Waals surface area contributed by atoms with Crippen LogP contribution in [0.5, 0.6) is 0 Å². The molecular formula is C16H25N. The van der Waals surface area contributed by atoms with Crippen molar-refractivity contribution in [2.75, 3.05) is 6.54 Å². The lowest BCUT2D eigenvalue weighted by atomic mass is 9.97. The summed E-state index contributed by atoms with van der Waals surface area (Å²) in [6.07, 6.45) is 3.55. The molecule has 0 heterocycles. The van der Waals surface area contributed by atoms with E-state index >= 15 is 0 Å². The second-order valence-corrected chi connectivity index (χ2v) is 4.79. The standard InChI is InChI=1S/C16H25N/c1-5-11-17-15(4)13(2)12-14(3)16-9-7-6-8-10-16/h6-10,12,14-15,17H,5,11H2,1-4H3/b13-12+. The van der Waals surface area contributed by atoms with Crippen LogP contribution in [0.4, 0.5) is 0 Å². The molecule has 1 rings (SSSR count). The van der Waals surface area contributed by atoms with Crippen LogP contribution in [0.3, 0.4) is 0 Å². The highest BCUT2D eigenvalue weighted by molar-refractivity contribution is 5.25. The first kappa shape index (κ1) is 14.0. The van der Waals surface area contributed by atoms with Crippen LogP contribution in [0.1, 0.15) is 45.6 Å². The van der Waals surface area contributed by atoms with E-state index in [4.69, 9.17) is 0 Å². The van der Waals surface area contributed by atoms with Crippen molar-refractivity contribution in [2.45, 2.75) is 46.1 Å². The van der Waals surface area contributed by atoms with Gasteiger partial charge in [0.05, 0.1) is 0 Å². The van der Waals surface area contributed by atoms with Gasteiger partial charge in [-0.05, 0) is 38.3 Å². The molecule has 2 unspecified atom stereocenters. The third-order valence-corrected chi connectivity index (χ3v) is 3.22. The second-order valence-electron chi connectivity index (χ2n) is 4.79. The van der Waals surface area contributed by atoms with E-state index in [1.165, 1.54) is 17.6 Å². The van der Waals surface area contributed by atoms with E-state index in [2.05, 4.69) is 69.4 Å². The summed E-state index contributed by atoms with van der Waals surface area (Å²) in [5.74, 6) is 0.488. The normalized spacial score (nSPS) is 15.6. The smallest absolute Gasteiger partial charge is 0.0248 e. The van der Waals surface area contributed by atoms with Crippen LogP contribution in [0.15, 0.2) is 42.0 Å². The van der Waals surface area contributed by atoms with Crippen molar-refractivity contribution < 1.29 is 0 Å². The monoisotopic (exact) mass is 231 g/mol. The summed E-state index contributed by atoms with van der Waals surface area (Å²) in [5, 5.41) is 3.52. The summed E-state index contributed by atoms with van der Waals surface area (Å²) in [7, 11) is 0. The van der Waals surface area contributed by atoms with Crippen LogP contribution in [-0.2, 0) is 0 Å². The fourth-order valence-corrected chi connectivity index (χ4v) is 1.91. The molecule has 0 fully saturated rings. The minimum atomic E-state index is 0.473. The third kappa shape index (κ3) is 4.74. The summed E-state index contributed by atoms with van der Waals surface area (Å²) in [4.78, 5) is 0. The average Bonchev–Trinajstić information content (AvgIpc) is 2.36. The van der Waals surface area contributed by atoms with Crippen molar-refractivity contribution in [3.63, 3.8) is 0 Å². The van der Waals surface area contributed by atoms with Crippen molar-refractivity contribution in [3.8, 4) is 0 Å². The van der Waals surface area contributed by atoms with Crippen LogP contribution >= 0.6 is 0 Å². The zero-order valence-corrected chi connectivity index (χ0v) is 11.5. The van der Waals surface area contributed by atoms with Crippen molar-refractivity contribution in [1.82, 2.24) is 5.32 Å². The van der Waals surface area contributed by atoms with Gasteiger partial charge in [0.15, 0.2) is 0 Å². The summed E-state index contributed by atoms with van der Waals surface area (Å²) in [5.41, 5.74) is 2.81. The molecule has 0 aromatic heterocycles. The lowest BCUT2D eigenvalue weighted by Gasteiger charge is -2.16. The molecule has 0 saturated heterocycles. The number of hydrogen-bond acceptors (Lipinski definition) is 1. The molecule has 1 N–H and O–H groups in total. The topological polar surface area (TPSA) is 12.0 Å². The molecule has 2 atom stereocenters. The Morgan fingerprint density at radius 2 is 1.88 bits per heavy atom. The molecule has 1 aromatic carbocycles. The Kier molecular flexibility index (Phi) is 5.99. The Bertz CT molecular complexity index is 340. The van der Waals surface area contributed by atoms with Crippen molar-refractivity contribution in [1.29, 1.82) is 0 Å². The fourth-order valence-electron chi connectivity index (χ4n) is 1.91. The third-order valence-electron chi connectivity index (χ3n) is 3.22. The highest BCUT2D eigenvalue weighted by Crippen LogP contribution is 2.18. The molecular weight excluding hydrogens is 206 g/mol. The number of allylic oxidation sites excluding steroid dienone is 1. The summed E-state index contributed by atoms with van der Waals surface area (Å²) >= 11 is 0. The van der Waals surface area contributed by atoms with Gasteiger partial charge in [-0.15, -0.1) is 0 Å². The number of hydrogen-bond donors (Lipinski definition) is 1. The van der Waals surface area contributed by atoms with E-state index in [1.54, 1.807) is 0 Å². The SMILES string of the molecule is CCCNC(C)/C(C)=C/C(C)c1ccccc1. The molecule has 0 amide bonds. The zero-order valence-electron chi connectivity index (χ0n) is 11.5. The fraction of sp³-hybridized carbons (Fsp3) is 0.500. The van der Waals surface area contributed by atoms with Gasteiger partial charge in [-0.3, -0.25) is 0 Å². The first-order chi connectivity index (χ1) is 8.15. The zero-order chi connectivity index (χ0) is 12.7. The largest absolute Gasteiger partial charge is 0.311 e. The predicted octanol–water partition coefficient (Wildman–Crippen LogP) is 4.12.